The maximum atomic E-state index is 12.3. The summed E-state index contributed by atoms with van der Waals surface area (Å²) in [5, 5.41) is 2.71. The van der Waals surface area contributed by atoms with Crippen LogP contribution in [0.15, 0.2) is 54.6 Å². The topological polar surface area (TPSA) is 128 Å². The minimum absolute atomic E-state index is 0.174. The van der Waals surface area contributed by atoms with Crippen molar-refractivity contribution in [3.63, 3.8) is 0 Å². The fourth-order valence-corrected chi connectivity index (χ4v) is 3.45. The Morgan fingerprint density at radius 3 is 2.02 bits per heavy atom. The van der Waals surface area contributed by atoms with E-state index in [2.05, 4.69) is 5.32 Å². The molecule has 2 aromatic rings. The summed E-state index contributed by atoms with van der Waals surface area (Å²) in [6, 6.07) is 15.9. The Morgan fingerprint density at radius 2 is 1.37 bits per heavy atom. The van der Waals surface area contributed by atoms with Crippen molar-refractivity contribution in [2.75, 3.05) is 66.0 Å². The van der Waals surface area contributed by atoms with Gasteiger partial charge in [-0.1, -0.05) is 36.4 Å². The third kappa shape index (κ3) is 18.6. The van der Waals surface area contributed by atoms with E-state index in [1.807, 2.05) is 51.1 Å². The molecule has 0 spiro atoms. The molecule has 0 atom stereocenters. The molecule has 0 aromatic heterocycles. The lowest BCUT2D eigenvalue weighted by molar-refractivity contribution is -0.155. The highest BCUT2D eigenvalue weighted by Crippen LogP contribution is 2.15. The van der Waals surface area contributed by atoms with E-state index in [-0.39, 0.29) is 25.1 Å². The Labute approximate surface area is 254 Å². The van der Waals surface area contributed by atoms with Crippen LogP contribution in [-0.4, -0.2) is 89.5 Å². The van der Waals surface area contributed by atoms with Crippen molar-refractivity contribution >= 4 is 17.8 Å². The molecule has 0 aliphatic heterocycles. The Hall–Kier alpha value is -3.51. The summed E-state index contributed by atoms with van der Waals surface area (Å²) < 4.78 is 37.8. The summed E-state index contributed by atoms with van der Waals surface area (Å²) in [6.07, 6.45) is 0.945. The van der Waals surface area contributed by atoms with Crippen LogP contribution < -0.4 is 10.1 Å². The zero-order valence-corrected chi connectivity index (χ0v) is 25.5. The van der Waals surface area contributed by atoms with Crippen molar-refractivity contribution in [3.8, 4) is 5.75 Å². The van der Waals surface area contributed by atoms with Gasteiger partial charge in [-0.2, -0.15) is 0 Å². The average molecular weight is 604 g/mol. The van der Waals surface area contributed by atoms with E-state index < -0.39 is 11.6 Å². The van der Waals surface area contributed by atoms with Crippen LogP contribution >= 0.6 is 0 Å². The first-order valence-electron chi connectivity index (χ1n) is 14.5. The normalized spacial score (nSPS) is 11.1. The molecule has 0 heterocycles. The molecule has 0 unspecified atom stereocenters. The molecule has 11 heteroatoms. The average Bonchev–Trinajstić information content (AvgIpc) is 2.98. The number of hydrogen-bond acceptors (Lipinski definition) is 10. The summed E-state index contributed by atoms with van der Waals surface area (Å²) in [5.41, 5.74) is 0.772. The number of carbonyl (C=O) groups is 3. The molecule has 43 heavy (non-hydrogen) atoms. The first-order chi connectivity index (χ1) is 20.7. The molecular formula is C32H45NO10. The first kappa shape index (κ1) is 35.7. The third-order valence-electron chi connectivity index (χ3n) is 5.43. The van der Waals surface area contributed by atoms with E-state index in [4.69, 9.17) is 33.2 Å². The molecule has 238 valence electrons. The van der Waals surface area contributed by atoms with E-state index >= 15 is 0 Å². The summed E-state index contributed by atoms with van der Waals surface area (Å²) in [4.78, 5) is 36.0. The molecule has 0 fully saturated rings. The smallest absolute Gasteiger partial charge is 0.338 e. The Balaban J connectivity index is 1.38. The van der Waals surface area contributed by atoms with Gasteiger partial charge in [-0.15, -0.1) is 0 Å². The predicted octanol–water partition coefficient (Wildman–Crippen LogP) is 3.73. The lowest BCUT2D eigenvalue weighted by Gasteiger charge is -2.19. The molecule has 0 saturated heterocycles. The van der Waals surface area contributed by atoms with Crippen LogP contribution in [0.3, 0.4) is 0 Å². The molecule has 11 nitrogen and oxygen atoms in total. The van der Waals surface area contributed by atoms with Crippen molar-refractivity contribution < 1.29 is 47.5 Å². The highest BCUT2D eigenvalue weighted by Gasteiger charge is 2.15. The molecule has 1 amide bonds. The van der Waals surface area contributed by atoms with E-state index in [1.54, 1.807) is 24.3 Å². The van der Waals surface area contributed by atoms with Crippen LogP contribution in [0, 0.1) is 0 Å². The van der Waals surface area contributed by atoms with Gasteiger partial charge in [0, 0.05) is 19.6 Å². The van der Waals surface area contributed by atoms with E-state index in [1.165, 1.54) is 0 Å². The fraction of sp³-hybridized carbons (Fsp3) is 0.531. The first-order valence-corrected chi connectivity index (χ1v) is 14.5. The van der Waals surface area contributed by atoms with Gasteiger partial charge < -0.3 is 38.5 Å². The van der Waals surface area contributed by atoms with Crippen molar-refractivity contribution in [2.45, 2.75) is 45.8 Å². The second-order valence-electron chi connectivity index (χ2n) is 10.4. The lowest BCUT2D eigenvalue weighted by Crippen LogP contribution is -2.32. The standard InChI is InChI=1S/C32H45NO10/c1-32(2,3)43-30(35)13-8-15-37-17-19-39-21-22-40-20-18-38-16-14-33-29(34)25-41-28-12-7-11-27(23-28)31(36)42-24-26-9-5-4-6-10-26/h4-7,9-12,23H,8,13-22,24-25H2,1-3H3,(H,33,34). The molecule has 2 aromatic carbocycles. The van der Waals surface area contributed by atoms with Crippen LogP contribution in [0.2, 0.25) is 0 Å². The van der Waals surface area contributed by atoms with Crippen molar-refractivity contribution in [2.24, 2.45) is 0 Å². The van der Waals surface area contributed by atoms with Crippen LogP contribution in [0.1, 0.15) is 49.5 Å². The van der Waals surface area contributed by atoms with Gasteiger partial charge in [0.05, 0.1) is 51.8 Å². The van der Waals surface area contributed by atoms with E-state index in [9.17, 15) is 14.4 Å². The summed E-state index contributed by atoms with van der Waals surface area (Å²) >= 11 is 0. The van der Waals surface area contributed by atoms with Gasteiger partial charge in [0.15, 0.2) is 6.61 Å². The number of rotatable bonds is 22. The number of ether oxygens (including phenoxy) is 7. The number of nitrogens with one attached hydrogen (secondary N) is 1. The van der Waals surface area contributed by atoms with Crippen molar-refractivity contribution in [3.05, 3.63) is 65.7 Å². The molecule has 0 saturated carbocycles. The molecule has 2 rings (SSSR count). The predicted molar refractivity (Wildman–Crippen MR) is 159 cm³/mol. The quantitative estimate of drug-likeness (QED) is 0.157. The van der Waals surface area contributed by atoms with Gasteiger partial charge in [-0.3, -0.25) is 9.59 Å². The number of esters is 2. The monoisotopic (exact) mass is 603 g/mol. The van der Waals surface area contributed by atoms with Gasteiger partial charge in [0.25, 0.3) is 5.91 Å². The van der Waals surface area contributed by atoms with Crippen molar-refractivity contribution in [1.29, 1.82) is 0 Å². The third-order valence-corrected chi connectivity index (χ3v) is 5.43. The van der Waals surface area contributed by atoms with Crippen LogP contribution in [0.5, 0.6) is 5.75 Å². The zero-order chi connectivity index (χ0) is 31.2. The van der Waals surface area contributed by atoms with Crippen molar-refractivity contribution in [1.82, 2.24) is 5.32 Å². The Morgan fingerprint density at radius 1 is 0.744 bits per heavy atom. The number of carbonyl (C=O) groups excluding carboxylic acids is 3. The number of hydrogen-bond donors (Lipinski definition) is 1. The Bertz CT molecular complexity index is 1070. The molecule has 1 N–H and O–H groups in total. The summed E-state index contributed by atoms with van der Waals surface area (Å²) in [5.74, 6) is -0.601. The second-order valence-corrected chi connectivity index (χ2v) is 10.4. The molecule has 0 radical (unpaired) electrons. The molecule has 0 bridgehead atoms. The Kier molecular flexibility index (Phi) is 17.6. The van der Waals surface area contributed by atoms with Gasteiger partial charge in [0.2, 0.25) is 0 Å². The summed E-state index contributed by atoms with van der Waals surface area (Å²) in [6.45, 7) is 9.22. The van der Waals surface area contributed by atoms with E-state index in [0.717, 1.165) is 5.56 Å². The molecule has 0 aliphatic carbocycles. The van der Waals surface area contributed by atoms with Gasteiger partial charge >= 0.3 is 11.9 Å². The lowest BCUT2D eigenvalue weighted by atomic mass is 10.2. The van der Waals surface area contributed by atoms with Crippen LogP contribution in [0.4, 0.5) is 0 Å². The second kappa shape index (κ2) is 21.2. The number of benzene rings is 2. The van der Waals surface area contributed by atoms with Gasteiger partial charge in [0.1, 0.15) is 18.0 Å². The minimum Gasteiger partial charge on any atom is -0.484 e. The maximum absolute atomic E-state index is 12.3. The van der Waals surface area contributed by atoms with Crippen LogP contribution in [-0.2, 0) is 44.6 Å². The maximum Gasteiger partial charge on any atom is 0.338 e. The summed E-state index contributed by atoms with van der Waals surface area (Å²) in [7, 11) is 0. The highest BCUT2D eigenvalue weighted by molar-refractivity contribution is 5.89. The highest BCUT2D eigenvalue weighted by atomic mass is 16.6. The van der Waals surface area contributed by atoms with Crippen LogP contribution in [0.25, 0.3) is 0 Å². The number of amides is 1. The minimum atomic E-state index is -0.470. The zero-order valence-electron chi connectivity index (χ0n) is 25.5. The van der Waals surface area contributed by atoms with Gasteiger partial charge in [-0.25, -0.2) is 4.79 Å². The largest absolute Gasteiger partial charge is 0.484 e. The fourth-order valence-electron chi connectivity index (χ4n) is 3.45. The molecular weight excluding hydrogens is 558 g/mol. The van der Waals surface area contributed by atoms with E-state index in [0.29, 0.717) is 83.6 Å². The SMILES string of the molecule is CC(C)(C)OC(=O)CCCOCCOCCOCCOCCNC(=O)COc1cccc(C(=O)OCc2ccccc2)c1. The van der Waals surface area contributed by atoms with Gasteiger partial charge in [-0.05, 0) is 51.0 Å². The molecule has 0 aliphatic rings.